The second-order valence-electron chi connectivity index (χ2n) is 5.87. The molecule has 1 saturated heterocycles. The minimum atomic E-state index is -0.699. The van der Waals surface area contributed by atoms with Gasteiger partial charge in [0.1, 0.15) is 0 Å². The molecule has 4 heteroatoms. The zero-order valence-electron chi connectivity index (χ0n) is 12.1. The van der Waals surface area contributed by atoms with Gasteiger partial charge >= 0.3 is 5.97 Å². The molecule has 4 nitrogen and oxygen atoms in total. The SMILES string of the molecule is CC(C(=O)O)C(C)N(CC1CCCNC1)C(C)C. The van der Waals surface area contributed by atoms with Crippen molar-refractivity contribution in [3.63, 3.8) is 0 Å². The summed E-state index contributed by atoms with van der Waals surface area (Å²) in [5, 5.41) is 12.6. The Balaban J connectivity index is 2.60. The second kappa shape index (κ2) is 7.10. The van der Waals surface area contributed by atoms with Gasteiger partial charge in [0.25, 0.3) is 0 Å². The van der Waals surface area contributed by atoms with Crippen molar-refractivity contribution in [2.24, 2.45) is 11.8 Å². The quantitative estimate of drug-likeness (QED) is 0.761. The lowest BCUT2D eigenvalue weighted by molar-refractivity contribution is -0.143. The van der Waals surface area contributed by atoms with Crippen LogP contribution >= 0.6 is 0 Å². The van der Waals surface area contributed by atoms with Gasteiger partial charge in [-0.2, -0.15) is 0 Å². The van der Waals surface area contributed by atoms with Crippen LogP contribution in [0.5, 0.6) is 0 Å². The van der Waals surface area contributed by atoms with E-state index in [1.54, 1.807) is 0 Å². The summed E-state index contributed by atoms with van der Waals surface area (Å²) in [5.74, 6) is -0.358. The molecule has 1 rings (SSSR count). The largest absolute Gasteiger partial charge is 0.481 e. The van der Waals surface area contributed by atoms with Gasteiger partial charge < -0.3 is 10.4 Å². The lowest BCUT2D eigenvalue weighted by Gasteiger charge is -2.38. The van der Waals surface area contributed by atoms with Crippen molar-refractivity contribution in [1.82, 2.24) is 10.2 Å². The maximum absolute atomic E-state index is 11.1. The van der Waals surface area contributed by atoms with Gasteiger partial charge in [0.2, 0.25) is 0 Å². The molecule has 106 valence electrons. The van der Waals surface area contributed by atoms with E-state index >= 15 is 0 Å². The van der Waals surface area contributed by atoms with Crippen LogP contribution in [0.1, 0.15) is 40.5 Å². The Kier molecular flexibility index (Phi) is 6.09. The molecule has 0 aromatic carbocycles. The van der Waals surface area contributed by atoms with Crippen LogP contribution in [0.25, 0.3) is 0 Å². The maximum Gasteiger partial charge on any atom is 0.307 e. The summed E-state index contributed by atoms with van der Waals surface area (Å²) >= 11 is 0. The van der Waals surface area contributed by atoms with E-state index < -0.39 is 5.97 Å². The fourth-order valence-electron chi connectivity index (χ4n) is 2.72. The van der Waals surface area contributed by atoms with E-state index in [1.807, 2.05) is 13.8 Å². The molecule has 0 aromatic heterocycles. The van der Waals surface area contributed by atoms with E-state index in [0.717, 1.165) is 19.6 Å². The van der Waals surface area contributed by atoms with Crippen LogP contribution in [0.4, 0.5) is 0 Å². The zero-order valence-corrected chi connectivity index (χ0v) is 12.1. The molecule has 0 aliphatic carbocycles. The predicted molar refractivity (Wildman–Crippen MR) is 73.7 cm³/mol. The highest BCUT2D eigenvalue weighted by Gasteiger charge is 2.29. The molecule has 2 N–H and O–H groups in total. The summed E-state index contributed by atoms with van der Waals surface area (Å²) in [4.78, 5) is 13.5. The first-order valence-corrected chi connectivity index (χ1v) is 7.12. The van der Waals surface area contributed by atoms with E-state index in [2.05, 4.69) is 24.1 Å². The summed E-state index contributed by atoms with van der Waals surface area (Å²) in [6, 6.07) is 0.480. The van der Waals surface area contributed by atoms with Gasteiger partial charge in [0, 0.05) is 18.6 Å². The third-order valence-electron chi connectivity index (χ3n) is 4.17. The number of carboxylic acids is 1. The van der Waals surface area contributed by atoms with Gasteiger partial charge in [-0.05, 0) is 52.6 Å². The highest BCUT2D eigenvalue weighted by atomic mass is 16.4. The van der Waals surface area contributed by atoms with Crippen LogP contribution in [0.15, 0.2) is 0 Å². The lowest BCUT2D eigenvalue weighted by atomic mass is 9.95. The van der Waals surface area contributed by atoms with Crippen molar-refractivity contribution >= 4 is 5.97 Å². The van der Waals surface area contributed by atoms with Crippen LogP contribution < -0.4 is 5.32 Å². The molecule has 0 spiro atoms. The van der Waals surface area contributed by atoms with Crippen LogP contribution in [-0.2, 0) is 4.79 Å². The van der Waals surface area contributed by atoms with Gasteiger partial charge in [0.15, 0.2) is 0 Å². The highest BCUT2D eigenvalue weighted by molar-refractivity contribution is 5.70. The first-order chi connectivity index (χ1) is 8.43. The molecular weight excluding hydrogens is 228 g/mol. The number of hydrogen-bond acceptors (Lipinski definition) is 3. The van der Waals surface area contributed by atoms with Crippen LogP contribution in [-0.4, -0.2) is 47.7 Å². The fourth-order valence-corrected chi connectivity index (χ4v) is 2.72. The van der Waals surface area contributed by atoms with E-state index in [9.17, 15) is 4.79 Å². The van der Waals surface area contributed by atoms with Crippen LogP contribution in [0.2, 0.25) is 0 Å². The zero-order chi connectivity index (χ0) is 13.7. The molecular formula is C14H28N2O2. The minimum Gasteiger partial charge on any atom is -0.481 e. The number of carboxylic acid groups (broad SMARTS) is 1. The molecule has 3 atom stereocenters. The molecule has 3 unspecified atom stereocenters. The number of carbonyl (C=O) groups is 1. The van der Waals surface area contributed by atoms with E-state index in [1.165, 1.54) is 12.8 Å². The van der Waals surface area contributed by atoms with Crippen LogP contribution in [0.3, 0.4) is 0 Å². The topological polar surface area (TPSA) is 52.6 Å². The van der Waals surface area contributed by atoms with Crippen molar-refractivity contribution in [2.75, 3.05) is 19.6 Å². The average Bonchev–Trinajstić information content (AvgIpc) is 2.35. The number of nitrogens with one attached hydrogen (secondary N) is 1. The predicted octanol–water partition coefficient (Wildman–Crippen LogP) is 1.81. The molecule has 0 saturated carbocycles. The average molecular weight is 256 g/mol. The molecule has 1 aliphatic heterocycles. The smallest absolute Gasteiger partial charge is 0.307 e. The summed E-state index contributed by atoms with van der Waals surface area (Å²) in [5.41, 5.74) is 0. The summed E-state index contributed by atoms with van der Waals surface area (Å²) in [7, 11) is 0. The van der Waals surface area contributed by atoms with Gasteiger partial charge in [-0.1, -0.05) is 6.92 Å². The van der Waals surface area contributed by atoms with Crippen molar-refractivity contribution < 1.29 is 9.90 Å². The third-order valence-corrected chi connectivity index (χ3v) is 4.17. The molecule has 1 heterocycles. The van der Waals surface area contributed by atoms with E-state index in [4.69, 9.17) is 5.11 Å². The molecule has 18 heavy (non-hydrogen) atoms. The Bertz CT molecular complexity index is 263. The molecule has 1 aliphatic rings. The highest BCUT2D eigenvalue weighted by Crippen LogP contribution is 2.19. The van der Waals surface area contributed by atoms with Gasteiger partial charge in [-0.3, -0.25) is 9.69 Å². The Labute approximate surface area is 111 Å². The Hall–Kier alpha value is -0.610. The van der Waals surface area contributed by atoms with E-state index in [0.29, 0.717) is 12.0 Å². The Morgan fingerprint density at radius 2 is 2.06 bits per heavy atom. The van der Waals surface area contributed by atoms with Crippen molar-refractivity contribution in [2.45, 2.75) is 52.6 Å². The van der Waals surface area contributed by atoms with Crippen LogP contribution in [0, 0.1) is 11.8 Å². The van der Waals surface area contributed by atoms with Gasteiger partial charge in [0.05, 0.1) is 5.92 Å². The number of rotatable bonds is 6. The number of nitrogens with zero attached hydrogens (tertiary/aromatic N) is 1. The first kappa shape index (κ1) is 15.4. The Morgan fingerprint density at radius 1 is 1.39 bits per heavy atom. The van der Waals surface area contributed by atoms with Gasteiger partial charge in [-0.15, -0.1) is 0 Å². The summed E-state index contributed by atoms with van der Waals surface area (Å²) in [6.07, 6.45) is 2.49. The maximum atomic E-state index is 11.1. The lowest BCUT2D eigenvalue weighted by Crippen LogP contribution is -2.48. The number of piperidine rings is 1. The Morgan fingerprint density at radius 3 is 2.50 bits per heavy atom. The second-order valence-corrected chi connectivity index (χ2v) is 5.87. The standard InChI is InChI=1S/C14H28N2O2/c1-10(2)16(12(4)11(3)14(17)18)9-13-6-5-7-15-8-13/h10-13,15H,5-9H2,1-4H3,(H,17,18). The molecule has 0 radical (unpaired) electrons. The molecule has 0 bridgehead atoms. The normalized spacial score (nSPS) is 24.2. The van der Waals surface area contributed by atoms with Crippen molar-refractivity contribution in [3.8, 4) is 0 Å². The molecule has 0 amide bonds. The van der Waals surface area contributed by atoms with Crippen molar-refractivity contribution in [1.29, 1.82) is 0 Å². The fraction of sp³-hybridized carbons (Fsp3) is 0.929. The number of hydrogen-bond donors (Lipinski definition) is 2. The van der Waals surface area contributed by atoms with Crippen molar-refractivity contribution in [3.05, 3.63) is 0 Å². The first-order valence-electron chi connectivity index (χ1n) is 7.12. The summed E-state index contributed by atoms with van der Waals surface area (Å²) < 4.78 is 0. The number of aliphatic carboxylic acids is 1. The monoisotopic (exact) mass is 256 g/mol. The van der Waals surface area contributed by atoms with Gasteiger partial charge in [-0.25, -0.2) is 0 Å². The van der Waals surface area contributed by atoms with E-state index in [-0.39, 0.29) is 12.0 Å². The third kappa shape index (κ3) is 4.25. The molecule has 1 fully saturated rings. The molecule has 0 aromatic rings. The minimum absolute atomic E-state index is 0.0874. The summed E-state index contributed by atoms with van der Waals surface area (Å²) in [6.45, 7) is 11.3.